The number of hydrogen-bond donors (Lipinski definition) is 1. The van der Waals surface area contributed by atoms with E-state index in [4.69, 9.17) is 0 Å². The van der Waals surface area contributed by atoms with Crippen molar-refractivity contribution >= 4 is 17.3 Å². The second kappa shape index (κ2) is 4.52. The molecule has 1 N–H and O–H groups in total. The van der Waals surface area contributed by atoms with Crippen LogP contribution in [-0.4, -0.2) is 28.2 Å². The number of aldehydes is 1. The van der Waals surface area contributed by atoms with E-state index in [2.05, 4.69) is 15.0 Å². The minimum absolute atomic E-state index is 0.572. The fraction of sp³-hybridized carbons (Fsp3) is 0.250. The van der Waals surface area contributed by atoms with E-state index in [1.807, 2.05) is 13.2 Å². The molecule has 0 aliphatic carbocycles. The van der Waals surface area contributed by atoms with Gasteiger partial charge in [0.15, 0.2) is 6.29 Å². The Labute approximate surface area is 79.4 Å². The zero-order chi connectivity index (χ0) is 10.6. The summed E-state index contributed by atoms with van der Waals surface area (Å²) in [5.41, 5.74) is 2.30. The number of hydrogen-bond acceptors (Lipinski definition) is 3. The van der Waals surface area contributed by atoms with Crippen LogP contribution in [-0.2, 0) is 12.0 Å². The van der Waals surface area contributed by atoms with Gasteiger partial charge < -0.3 is 4.98 Å². The predicted octanol–water partition coefficient (Wildman–Crippen LogP) is 1.23. The number of nitrogens with one attached hydrogen (secondary N) is 1. The summed E-state index contributed by atoms with van der Waals surface area (Å²) in [6, 6.07) is 1.72. The van der Waals surface area contributed by atoms with Crippen molar-refractivity contribution in [2.75, 3.05) is 7.11 Å². The molecule has 0 atom stereocenters. The van der Waals surface area contributed by atoms with Crippen LogP contribution in [0, 0.1) is 0 Å². The fourth-order valence-electron chi connectivity index (χ4n) is 1.11. The number of nitrogens with zero attached hydrogens (tertiary/aromatic N) is 2. The average Bonchev–Trinajstić information content (AvgIpc) is 2.61. The van der Waals surface area contributed by atoms with Crippen LogP contribution in [0.15, 0.2) is 12.3 Å². The van der Waals surface area contributed by atoms with E-state index in [1.54, 1.807) is 10.7 Å². The van der Waals surface area contributed by atoms with Gasteiger partial charge in [-0.3, -0.25) is 9.48 Å². The Morgan fingerprint density at radius 2 is 2.36 bits per heavy atom. The number of aromatic amines is 1. The van der Waals surface area contributed by atoms with Crippen LogP contribution in [0.4, 0.5) is 4.53 Å². The zero-order valence-corrected chi connectivity index (χ0v) is 7.82. The summed E-state index contributed by atoms with van der Waals surface area (Å²) in [7, 11) is 2.80. The molecule has 0 saturated carbocycles. The molecule has 0 saturated heterocycles. The Hall–Kier alpha value is -1.69. The summed E-state index contributed by atoms with van der Waals surface area (Å²) in [5, 5.41) is 4.11. The van der Waals surface area contributed by atoms with Crippen LogP contribution in [0.5, 0.6) is 0 Å². The van der Waals surface area contributed by atoms with Crippen molar-refractivity contribution in [1.29, 1.82) is 0 Å². The molecule has 0 aliphatic heterocycles. The second-order valence-electron chi connectivity index (χ2n) is 2.60. The third kappa shape index (κ3) is 2.17. The zero-order valence-electron chi connectivity index (χ0n) is 7.82. The molecule has 0 unspecified atom stereocenters. The first-order chi connectivity index (χ1) is 6.71. The highest BCUT2D eigenvalue weighted by Crippen LogP contribution is 2.10. The van der Waals surface area contributed by atoms with Crippen molar-refractivity contribution in [3.8, 4) is 0 Å². The van der Waals surface area contributed by atoms with Crippen molar-refractivity contribution in [3.63, 3.8) is 0 Å². The molecule has 0 amide bonds. The van der Waals surface area contributed by atoms with Crippen molar-refractivity contribution < 1.29 is 14.3 Å². The Kier molecular flexibility index (Phi) is 3.35. The first-order valence-corrected chi connectivity index (χ1v) is 3.83. The van der Waals surface area contributed by atoms with E-state index in [-0.39, 0.29) is 0 Å². The van der Waals surface area contributed by atoms with E-state index in [9.17, 15) is 9.32 Å². The lowest BCUT2D eigenvalue weighted by Gasteiger charge is -1.82. The Balaban J connectivity index is 0.000000293. The van der Waals surface area contributed by atoms with Gasteiger partial charge in [0.05, 0.1) is 18.3 Å². The first-order valence-electron chi connectivity index (χ1n) is 3.83. The smallest absolute Gasteiger partial charge is 0.166 e. The molecule has 2 aromatic rings. The molecular formula is C8H10FN3O2. The van der Waals surface area contributed by atoms with Crippen molar-refractivity contribution in [2.45, 2.75) is 0 Å². The maximum atomic E-state index is 10.3. The summed E-state index contributed by atoms with van der Waals surface area (Å²) in [5.74, 6) is 0. The molecule has 0 radical (unpaired) electrons. The van der Waals surface area contributed by atoms with Gasteiger partial charge in [0.25, 0.3) is 0 Å². The molecule has 2 aromatic heterocycles. The lowest BCUT2D eigenvalue weighted by molar-refractivity contribution is -0.0960. The second-order valence-corrected chi connectivity index (χ2v) is 2.60. The van der Waals surface area contributed by atoms with E-state index >= 15 is 0 Å². The molecule has 0 bridgehead atoms. The average molecular weight is 199 g/mol. The molecule has 2 heterocycles. The van der Waals surface area contributed by atoms with Gasteiger partial charge in [0, 0.05) is 13.2 Å². The largest absolute Gasteiger partial charge is 0.350 e. The van der Waals surface area contributed by atoms with Crippen LogP contribution < -0.4 is 0 Å². The van der Waals surface area contributed by atoms with Gasteiger partial charge in [-0.15, -0.1) is 0 Å². The summed E-state index contributed by atoms with van der Waals surface area (Å²) in [6.07, 6.45) is 2.62. The number of carbonyl (C=O) groups is 1. The van der Waals surface area contributed by atoms with Crippen LogP contribution >= 0.6 is 0 Å². The van der Waals surface area contributed by atoms with Gasteiger partial charge in [-0.2, -0.15) is 10.0 Å². The molecule has 0 spiro atoms. The number of halogens is 1. The number of carbonyl (C=O) groups excluding carboxylic acids is 1. The van der Waals surface area contributed by atoms with E-state index in [0.29, 0.717) is 5.69 Å². The third-order valence-electron chi connectivity index (χ3n) is 1.56. The standard InChI is InChI=1S/C7H7N3O.CH3FO/c1-10-3-7-6(9-10)2-5(4-11)8-7;1-3-2/h2-4,8H,1H3;1H3. The van der Waals surface area contributed by atoms with Crippen molar-refractivity contribution in [2.24, 2.45) is 7.05 Å². The summed E-state index contributed by atoms with van der Waals surface area (Å²) in [4.78, 5) is 16.0. The Morgan fingerprint density at radius 3 is 2.86 bits per heavy atom. The van der Waals surface area contributed by atoms with Crippen LogP contribution in [0.25, 0.3) is 11.0 Å². The number of aryl methyl sites for hydroxylation is 1. The van der Waals surface area contributed by atoms with Crippen molar-refractivity contribution in [1.82, 2.24) is 14.8 Å². The molecule has 76 valence electrons. The predicted molar refractivity (Wildman–Crippen MR) is 48.6 cm³/mol. The van der Waals surface area contributed by atoms with E-state index < -0.39 is 0 Å². The third-order valence-corrected chi connectivity index (χ3v) is 1.56. The SMILES string of the molecule is COF.Cn1cc2[nH]c(C=O)cc2n1. The summed E-state index contributed by atoms with van der Waals surface area (Å²) >= 11 is 0. The fourth-order valence-corrected chi connectivity index (χ4v) is 1.11. The van der Waals surface area contributed by atoms with Gasteiger partial charge in [-0.05, 0) is 10.6 Å². The van der Waals surface area contributed by atoms with Crippen LogP contribution in [0.3, 0.4) is 0 Å². The van der Waals surface area contributed by atoms with Crippen LogP contribution in [0.1, 0.15) is 10.5 Å². The van der Waals surface area contributed by atoms with Crippen molar-refractivity contribution in [3.05, 3.63) is 18.0 Å². The number of fused-ring (bicyclic) bond motifs is 1. The van der Waals surface area contributed by atoms with Gasteiger partial charge in [-0.25, -0.2) is 0 Å². The molecule has 0 aliphatic rings. The maximum Gasteiger partial charge on any atom is 0.166 e. The lowest BCUT2D eigenvalue weighted by atomic mass is 10.4. The Bertz CT molecular complexity index is 390. The van der Waals surface area contributed by atoms with Gasteiger partial charge in [0.2, 0.25) is 0 Å². The highest BCUT2D eigenvalue weighted by molar-refractivity contribution is 5.84. The number of aromatic nitrogens is 3. The van der Waals surface area contributed by atoms with E-state index in [1.165, 1.54) is 0 Å². The first kappa shape index (κ1) is 10.4. The maximum absolute atomic E-state index is 10.3. The molecule has 0 aromatic carbocycles. The summed E-state index contributed by atoms with van der Waals surface area (Å²) < 4.78 is 11.5. The summed E-state index contributed by atoms with van der Waals surface area (Å²) in [6.45, 7) is 0. The quantitative estimate of drug-likeness (QED) is 0.702. The molecule has 6 heteroatoms. The van der Waals surface area contributed by atoms with Gasteiger partial charge >= 0.3 is 0 Å². The lowest BCUT2D eigenvalue weighted by Crippen LogP contribution is -1.86. The van der Waals surface area contributed by atoms with E-state index in [0.717, 1.165) is 24.4 Å². The minimum atomic E-state index is 0.572. The highest BCUT2D eigenvalue weighted by Gasteiger charge is 2.01. The molecule has 14 heavy (non-hydrogen) atoms. The van der Waals surface area contributed by atoms with Crippen LogP contribution in [0.2, 0.25) is 0 Å². The molecule has 5 nitrogen and oxygen atoms in total. The topological polar surface area (TPSA) is 59.9 Å². The van der Waals surface area contributed by atoms with Gasteiger partial charge in [0.1, 0.15) is 5.52 Å². The molecular weight excluding hydrogens is 189 g/mol. The Morgan fingerprint density at radius 1 is 1.71 bits per heavy atom. The van der Waals surface area contributed by atoms with Gasteiger partial charge in [-0.1, -0.05) is 0 Å². The number of rotatable bonds is 1. The number of H-pyrrole nitrogens is 1. The highest BCUT2D eigenvalue weighted by atomic mass is 19.3. The monoisotopic (exact) mass is 199 g/mol. The molecule has 0 fully saturated rings. The minimum Gasteiger partial charge on any atom is -0.350 e. The molecule has 2 rings (SSSR count). The normalized spacial score (nSPS) is 9.64.